The van der Waals surface area contributed by atoms with Crippen LogP contribution in [0, 0.1) is 0 Å². The van der Waals surface area contributed by atoms with E-state index in [2.05, 4.69) is 27.0 Å². The zero-order valence-corrected chi connectivity index (χ0v) is 14.5. The number of hydrogen-bond donors (Lipinski definition) is 2. The van der Waals surface area contributed by atoms with E-state index in [0.717, 1.165) is 42.9 Å². The standard InChI is InChI=1S/C15H20N4OS.CH2O2/c1-2-18-7-9-19(10-8-18)11-14(20)17-15-16-12-5-3-4-6-13(12)21-15;2-1-3/h3-6H,2,7-11H2,1H3,(H,16,17,20);1H,(H,2,3). The van der Waals surface area contributed by atoms with Gasteiger partial charge in [-0.2, -0.15) is 0 Å². The summed E-state index contributed by atoms with van der Waals surface area (Å²) in [5, 5.41) is 10.5. The molecule has 0 unspecified atom stereocenters. The number of anilines is 1. The van der Waals surface area contributed by atoms with Crippen LogP contribution in [0.2, 0.25) is 0 Å². The Morgan fingerprint density at radius 1 is 1.29 bits per heavy atom. The van der Waals surface area contributed by atoms with Gasteiger partial charge in [-0.3, -0.25) is 14.5 Å². The van der Waals surface area contributed by atoms with Gasteiger partial charge in [0.1, 0.15) is 0 Å². The number of carbonyl (C=O) groups is 2. The van der Waals surface area contributed by atoms with Crippen LogP contribution in [-0.2, 0) is 9.59 Å². The number of aromatic nitrogens is 1. The van der Waals surface area contributed by atoms with E-state index >= 15 is 0 Å². The maximum absolute atomic E-state index is 12.1. The normalized spacial score (nSPS) is 15.5. The summed E-state index contributed by atoms with van der Waals surface area (Å²) in [7, 11) is 0. The number of amides is 1. The summed E-state index contributed by atoms with van der Waals surface area (Å²) in [4.78, 5) is 29.5. The lowest BCUT2D eigenvalue weighted by molar-refractivity contribution is -0.123. The van der Waals surface area contributed by atoms with Crippen molar-refractivity contribution in [2.75, 3.05) is 44.6 Å². The molecule has 2 heterocycles. The van der Waals surface area contributed by atoms with E-state index in [1.54, 1.807) is 0 Å². The van der Waals surface area contributed by atoms with E-state index in [1.165, 1.54) is 11.3 Å². The highest BCUT2D eigenvalue weighted by Crippen LogP contribution is 2.25. The van der Waals surface area contributed by atoms with E-state index in [1.807, 2.05) is 24.3 Å². The predicted molar refractivity (Wildman–Crippen MR) is 95.5 cm³/mol. The number of thiazole rings is 1. The maximum Gasteiger partial charge on any atom is 0.290 e. The molecule has 0 aliphatic carbocycles. The van der Waals surface area contributed by atoms with Gasteiger partial charge in [0.25, 0.3) is 6.47 Å². The first-order chi connectivity index (χ1) is 11.7. The minimum atomic E-state index is -0.250. The molecule has 24 heavy (non-hydrogen) atoms. The molecule has 0 atom stereocenters. The second kappa shape index (κ2) is 9.31. The lowest BCUT2D eigenvalue weighted by atomic mass is 10.3. The van der Waals surface area contributed by atoms with E-state index in [9.17, 15) is 4.79 Å². The third-order valence-corrected chi connectivity index (χ3v) is 4.77. The van der Waals surface area contributed by atoms with Gasteiger partial charge in [0.15, 0.2) is 5.13 Å². The molecule has 2 N–H and O–H groups in total. The second-order valence-electron chi connectivity index (χ2n) is 5.35. The molecule has 1 fully saturated rings. The Morgan fingerprint density at radius 3 is 2.54 bits per heavy atom. The van der Waals surface area contributed by atoms with Gasteiger partial charge in [-0.25, -0.2) is 4.98 Å². The molecule has 1 aromatic heterocycles. The van der Waals surface area contributed by atoms with Crippen molar-refractivity contribution in [1.29, 1.82) is 0 Å². The molecule has 1 amide bonds. The third-order valence-electron chi connectivity index (χ3n) is 3.82. The van der Waals surface area contributed by atoms with Crippen molar-refractivity contribution in [2.45, 2.75) is 6.92 Å². The van der Waals surface area contributed by atoms with Crippen molar-refractivity contribution in [3.63, 3.8) is 0 Å². The van der Waals surface area contributed by atoms with E-state index in [0.29, 0.717) is 11.7 Å². The fourth-order valence-corrected chi connectivity index (χ4v) is 3.43. The zero-order chi connectivity index (χ0) is 17.4. The molecule has 0 saturated carbocycles. The van der Waals surface area contributed by atoms with Crippen LogP contribution in [0.5, 0.6) is 0 Å². The summed E-state index contributed by atoms with van der Waals surface area (Å²) >= 11 is 1.52. The minimum Gasteiger partial charge on any atom is -0.483 e. The summed E-state index contributed by atoms with van der Waals surface area (Å²) in [6.45, 7) is 7.48. The molecule has 8 heteroatoms. The Bertz CT molecular complexity index is 635. The SMILES string of the molecule is CCN1CCN(CC(=O)Nc2nc3ccccc3s2)CC1.O=CO. The molecule has 2 aromatic rings. The lowest BCUT2D eigenvalue weighted by Crippen LogP contribution is -2.48. The number of carbonyl (C=O) groups excluding carboxylic acids is 1. The number of piperazine rings is 1. The summed E-state index contributed by atoms with van der Waals surface area (Å²) in [5.74, 6) is 0.0269. The van der Waals surface area contributed by atoms with Crippen molar-refractivity contribution in [1.82, 2.24) is 14.8 Å². The van der Waals surface area contributed by atoms with Crippen LogP contribution in [0.25, 0.3) is 10.2 Å². The first-order valence-electron chi connectivity index (χ1n) is 7.84. The Balaban J connectivity index is 0.000000647. The molecular weight excluding hydrogens is 328 g/mol. The fraction of sp³-hybridized carbons (Fsp3) is 0.438. The third kappa shape index (κ3) is 5.26. The summed E-state index contributed by atoms with van der Waals surface area (Å²) < 4.78 is 1.10. The largest absolute Gasteiger partial charge is 0.483 e. The van der Waals surface area contributed by atoms with Gasteiger partial charge in [-0.05, 0) is 18.7 Å². The highest BCUT2D eigenvalue weighted by Gasteiger charge is 2.18. The summed E-state index contributed by atoms with van der Waals surface area (Å²) in [5.41, 5.74) is 0.939. The van der Waals surface area contributed by atoms with Crippen molar-refractivity contribution in [3.05, 3.63) is 24.3 Å². The second-order valence-corrected chi connectivity index (χ2v) is 6.38. The number of fused-ring (bicyclic) bond motifs is 1. The smallest absolute Gasteiger partial charge is 0.290 e. The predicted octanol–water partition coefficient (Wildman–Crippen LogP) is 1.57. The summed E-state index contributed by atoms with van der Waals surface area (Å²) in [6, 6.07) is 7.93. The van der Waals surface area contributed by atoms with Gasteiger partial charge in [-0.1, -0.05) is 30.4 Å². The van der Waals surface area contributed by atoms with Crippen LogP contribution in [0.1, 0.15) is 6.92 Å². The molecule has 1 aliphatic heterocycles. The van der Waals surface area contributed by atoms with Crippen molar-refractivity contribution >= 4 is 39.1 Å². The Labute approximate surface area is 144 Å². The van der Waals surface area contributed by atoms with Crippen LogP contribution in [0.3, 0.4) is 0 Å². The van der Waals surface area contributed by atoms with Crippen molar-refractivity contribution in [2.24, 2.45) is 0 Å². The van der Waals surface area contributed by atoms with Crippen molar-refractivity contribution in [3.8, 4) is 0 Å². The molecule has 0 spiro atoms. The van der Waals surface area contributed by atoms with Gasteiger partial charge >= 0.3 is 0 Å². The van der Waals surface area contributed by atoms with Gasteiger partial charge in [0.2, 0.25) is 5.91 Å². The maximum atomic E-state index is 12.1. The molecule has 0 bridgehead atoms. The molecule has 0 radical (unpaired) electrons. The number of rotatable bonds is 4. The molecule has 1 aliphatic rings. The van der Waals surface area contributed by atoms with Crippen LogP contribution in [-0.4, -0.2) is 71.5 Å². The topological polar surface area (TPSA) is 85.8 Å². The molecular formula is C16H22N4O3S. The highest BCUT2D eigenvalue weighted by molar-refractivity contribution is 7.22. The number of nitrogens with zero attached hydrogens (tertiary/aromatic N) is 3. The first-order valence-corrected chi connectivity index (χ1v) is 8.66. The average molecular weight is 350 g/mol. The molecule has 130 valence electrons. The highest BCUT2D eigenvalue weighted by atomic mass is 32.1. The quantitative estimate of drug-likeness (QED) is 0.814. The van der Waals surface area contributed by atoms with Gasteiger partial charge < -0.3 is 15.3 Å². The van der Waals surface area contributed by atoms with Crippen LogP contribution < -0.4 is 5.32 Å². The van der Waals surface area contributed by atoms with Crippen LogP contribution in [0.15, 0.2) is 24.3 Å². The van der Waals surface area contributed by atoms with Crippen molar-refractivity contribution < 1.29 is 14.7 Å². The van der Waals surface area contributed by atoms with Crippen LogP contribution >= 0.6 is 11.3 Å². The van der Waals surface area contributed by atoms with E-state index in [-0.39, 0.29) is 12.4 Å². The van der Waals surface area contributed by atoms with E-state index in [4.69, 9.17) is 9.90 Å². The molecule has 1 saturated heterocycles. The van der Waals surface area contributed by atoms with Gasteiger partial charge in [-0.15, -0.1) is 0 Å². The lowest BCUT2D eigenvalue weighted by Gasteiger charge is -2.33. The monoisotopic (exact) mass is 350 g/mol. The van der Waals surface area contributed by atoms with Gasteiger partial charge in [0, 0.05) is 26.2 Å². The average Bonchev–Trinajstić information content (AvgIpc) is 2.98. The Hall–Kier alpha value is -2.03. The molecule has 3 rings (SSSR count). The molecule has 1 aromatic carbocycles. The fourth-order valence-electron chi connectivity index (χ4n) is 2.55. The van der Waals surface area contributed by atoms with Crippen LogP contribution in [0.4, 0.5) is 5.13 Å². The number of para-hydroxylation sites is 1. The number of hydrogen-bond acceptors (Lipinski definition) is 6. The zero-order valence-electron chi connectivity index (χ0n) is 13.6. The number of likely N-dealkylation sites (N-methyl/N-ethyl adjacent to an activating group) is 1. The Kier molecular flexibility index (Phi) is 7.10. The molecule has 7 nitrogen and oxygen atoms in total. The number of nitrogens with one attached hydrogen (secondary N) is 1. The number of benzene rings is 1. The number of carboxylic acid groups (broad SMARTS) is 1. The Morgan fingerprint density at radius 2 is 1.92 bits per heavy atom. The minimum absolute atomic E-state index is 0.0269. The first kappa shape index (κ1) is 18.3. The summed E-state index contributed by atoms with van der Waals surface area (Å²) in [6.07, 6.45) is 0. The van der Waals surface area contributed by atoms with E-state index < -0.39 is 0 Å². The van der Waals surface area contributed by atoms with Gasteiger partial charge in [0.05, 0.1) is 16.8 Å².